The van der Waals surface area contributed by atoms with Crippen LogP contribution >= 0.6 is 15.9 Å². The van der Waals surface area contributed by atoms with Gasteiger partial charge in [0.1, 0.15) is 11.4 Å². The van der Waals surface area contributed by atoms with Gasteiger partial charge in [-0.2, -0.15) is 0 Å². The Balaban J connectivity index is 2.06. The van der Waals surface area contributed by atoms with E-state index in [9.17, 15) is 15.0 Å². The normalized spacial score (nSPS) is 21.0. The first kappa shape index (κ1) is 19.0. The summed E-state index contributed by atoms with van der Waals surface area (Å²) in [6, 6.07) is 8.73. The summed E-state index contributed by atoms with van der Waals surface area (Å²) in [6.45, 7) is 5.94. The maximum absolute atomic E-state index is 12.7. The first-order valence-corrected chi connectivity index (χ1v) is 9.54. The molecule has 2 aromatic carbocycles. The predicted octanol–water partition coefficient (Wildman–Crippen LogP) is 4.74. The summed E-state index contributed by atoms with van der Waals surface area (Å²) in [5.41, 5.74) is 0.307. The second kappa shape index (κ2) is 7.08. The molecule has 1 amide bonds. The van der Waals surface area contributed by atoms with Crippen molar-refractivity contribution in [3.8, 4) is 5.75 Å². The van der Waals surface area contributed by atoms with Gasteiger partial charge < -0.3 is 19.8 Å². The molecular formula is C20H24BrNO4. The van der Waals surface area contributed by atoms with E-state index in [1.165, 1.54) is 0 Å². The molecule has 140 valence electrons. The second-order valence-electron chi connectivity index (χ2n) is 7.73. The van der Waals surface area contributed by atoms with Gasteiger partial charge in [0.25, 0.3) is 0 Å². The van der Waals surface area contributed by atoms with Crippen LogP contribution in [0.3, 0.4) is 0 Å². The molecule has 2 aromatic rings. The molecule has 1 saturated heterocycles. The number of hydrogen-bond acceptors (Lipinski definition) is 4. The Morgan fingerprint density at radius 2 is 1.96 bits per heavy atom. The number of carbonyl (C=O) groups excluding carboxylic acids is 1. The number of phenols is 1. The van der Waals surface area contributed by atoms with Crippen LogP contribution in [0.15, 0.2) is 34.8 Å². The van der Waals surface area contributed by atoms with E-state index < -0.39 is 11.7 Å². The minimum atomic E-state index is -0.586. The van der Waals surface area contributed by atoms with Gasteiger partial charge in [-0.3, -0.25) is 0 Å². The van der Waals surface area contributed by atoms with Crippen LogP contribution in [0, 0.1) is 0 Å². The molecule has 0 radical (unpaired) electrons. The van der Waals surface area contributed by atoms with Crippen molar-refractivity contribution in [2.45, 2.75) is 51.4 Å². The largest absolute Gasteiger partial charge is 0.508 e. The highest BCUT2D eigenvalue weighted by Gasteiger charge is 2.35. The van der Waals surface area contributed by atoms with Crippen LogP contribution in [0.1, 0.15) is 45.2 Å². The van der Waals surface area contributed by atoms with E-state index in [1.807, 2.05) is 39.0 Å². The van der Waals surface area contributed by atoms with Gasteiger partial charge in [0, 0.05) is 11.0 Å². The molecule has 1 fully saturated rings. The van der Waals surface area contributed by atoms with Crippen LogP contribution < -0.4 is 0 Å². The van der Waals surface area contributed by atoms with Crippen LogP contribution in [0.5, 0.6) is 5.75 Å². The Labute approximate surface area is 161 Å². The number of rotatable bonds is 1. The lowest BCUT2D eigenvalue weighted by atomic mass is 9.90. The zero-order chi connectivity index (χ0) is 19.1. The van der Waals surface area contributed by atoms with Crippen molar-refractivity contribution in [3.05, 3.63) is 40.4 Å². The standard InChI is InChI=1S/C20H24BrNO4/c1-20(2,3)26-19(25)22-9-8-13(24)11-18(22)15-6-7-17(21)14-5-4-12(23)10-16(14)15/h4-7,10,13,18,23-24H,8-9,11H2,1-3H3/t13-,18-/m0/s1. The molecule has 0 aliphatic carbocycles. The number of halogens is 1. The number of fused-ring (bicyclic) bond motifs is 1. The molecule has 0 spiro atoms. The van der Waals surface area contributed by atoms with Gasteiger partial charge in [0.05, 0.1) is 12.1 Å². The topological polar surface area (TPSA) is 70.0 Å². The highest BCUT2D eigenvalue weighted by Crippen LogP contribution is 2.39. The van der Waals surface area contributed by atoms with Crippen molar-refractivity contribution in [1.82, 2.24) is 4.90 Å². The quantitative estimate of drug-likeness (QED) is 0.697. The van der Waals surface area contributed by atoms with Crippen molar-refractivity contribution < 1.29 is 19.7 Å². The molecule has 0 unspecified atom stereocenters. The lowest BCUT2D eigenvalue weighted by Crippen LogP contribution is -2.45. The summed E-state index contributed by atoms with van der Waals surface area (Å²) >= 11 is 3.54. The fourth-order valence-electron chi connectivity index (χ4n) is 3.39. The lowest BCUT2D eigenvalue weighted by Gasteiger charge is -2.39. The predicted molar refractivity (Wildman–Crippen MR) is 104 cm³/mol. The number of likely N-dealkylation sites (tertiary alicyclic amines) is 1. The highest BCUT2D eigenvalue weighted by molar-refractivity contribution is 9.10. The Morgan fingerprint density at radius 1 is 1.23 bits per heavy atom. The van der Waals surface area contributed by atoms with Crippen LogP contribution in [-0.4, -0.2) is 39.5 Å². The molecule has 5 nitrogen and oxygen atoms in total. The Morgan fingerprint density at radius 3 is 2.65 bits per heavy atom. The third kappa shape index (κ3) is 3.96. The van der Waals surface area contributed by atoms with Gasteiger partial charge in [-0.05, 0) is 74.2 Å². The van der Waals surface area contributed by atoms with Gasteiger partial charge in [0.15, 0.2) is 0 Å². The number of amides is 1. The molecule has 0 bridgehead atoms. The number of aromatic hydroxyl groups is 1. The summed E-state index contributed by atoms with van der Waals surface area (Å²) in [7, 11) is 0. The summed E-state index contributed by atoms with van der Waals surface area (Å²) in [5, 5.41) is 22.0. The number of piperidine rings is 1. The van der Waals surface area contributed by atoms with Gasteiger partial charge in [0.2, 0.25) is 0 Å². The average Bonchev–Trinajstić information content (AvgIpc) is 2.53. The van der Waals surface area contributed by atoms with E-state index in [1.54, 1.807) is 17.0 Å². The minimum absolute atomic E-state index is 0.164. The Kier molecular flexibility index (Phi) is 5.17. The van der Waals surface area contributed by atoms with Crippen molar-refractivity contribution in [2.75, 3.05) is 6.54 Å². The fraction of sp³-hybridized carbons (Fsp3) is 0.450. The number of ether oxygens (including phenoxy) is 1. The fourth-order valence-corrected chi connectivity index (χ4v) is 3.87. The summed E-state index contributed by atoms with van der Waals surface area (Å²) in [4.78, 5) is 14.4. The van der Waals surface area contributed by atoms with Crippen molar-refractivity contribution in [3.63, 3.8) is 0 Å². The summed E-state index contributed by atoms with van der Waals surface area (Å²) in [6.07, 6.45) is 0.0986. The number of aliphatic hydroxyl groups is 1. The van der Waals surface area contributed by atoms with Gasteiger partial charge in [-0.1, -0.05) is 22.0 Å². The summed E-state index contributed by atoms with van der Waals surface area (Å²) in [5.74, 6) is 0.164. The monoisotopic (exact) mass is 421 g/mol. The molecule has 0 aromatic heterocycles. The van der Waals surface area contributed by atoms with E-state index in [-0.39, 0.29) is 17.9 Å². The third-order valence-corrected chi connectivity index (χ3v) is 5.23. The molecule has 1 aliphatic rings. The molecular weight excluding hydrogens is 398 g/mol. The number of nitrogens with zero attached hydrogens (tertiary/aromatic N) is 1. The van der Waals surface area contributed by atoms with Gasteiger partial charge >= 0.3 is 6.09 Å². The molecule has 1 aliphatic heterocycles. The van der Waals surface area contributed by atoms with E-state index in [0.717, 1.165) is 20.8 Å². The van der Waals surface area contributed by atoms with Gasteiger partial charge in [-0.25, -0.2) is 4.79 Å². The SMILES string of the molecule is CC(C)(C)OC(=O)N1CC[C@H](O)C[C@H]1c1ccc(Br)c2ccc(O)cc12. The van der Waals surface area contributed by atoms with Crippen molar-refractivity contribution in [1.29, 1.82) is 0 Å². The van der Waals surface area contributed by atoms with Crippen LogP contribution in [0.4, 0.5) is 4.79 Å². The Bertz CT molecular complexity index is 830. The molecule has 3 rings (SSSR count). The number of phenolic OH excluding ortho intramolecular Hbond substituents is 1. The van der Waals surface area contributed by atoms with Crippen LogP contribution in [0.25, 0.3) is 10.8 Å². The molecule has 6 heteroatoms. The van der Waals surface area contributed by atoms with Crippen molar-refractivity contribution in [2.24, 2.45) is 0 Å². The zero-order valence-electron chi connectivity index (χ0n) is 15.2. The first-order chi connectivity index (χ1) is 12.2. The molecule has 26 heavy (non-hydrogen) atoms. The van der Waals surface area contributed by atoms with E-state index in [0.29, 0.717) is 19.4 Å². The lowest BCUT2D eigenvalue weighted by molar-refractivity contribution is -0.00817. The number of hydrogen-bond donors (Lipinski definition) is 2. The molecule has 0 saturated carbocycles. The maximum atomic E-state index is 12.7. The maximum Gasteiger partial charge on any atom is 0.410 e. The summed E-state index contributed by atoms with van der Waals surface area (Å²) < 4.78 is 6.48. The van der Waals surface area contributed by atoms with Crippen molar-refractivity contribution >= 4 is 32.8 Å². The smallest absolute Gasteiger partial charge is 0.410 e. The zero-order valence-corrected chi connectivity index (χ0v) is 16.8. The second-order valence-corrected chi connectivity index (χ2v) is 8.59. The van der Waals surface area contributed by atoms with E-state index >= 15 is 0 Å². The van der Waals surface area contributed by atoms with Gasteiger partial charge in [-0.15, -0.1) is 0 Å². The third-order valence-electron chi connectivity index (χ3n) is 4.54. The average molecular weight is 422 g/mol. The minimum Gasteiger partial charge on any atom is -0.508 e. The van der Waals surface area contributed by atoms with E-state index in [2.05, 4.69) is 15.9 Å². The van der Waals surface area contributed by atoms with E-state index in [4.69, 9.17) is 4.74 Å². The highest BCUT2D eigenvalue weighted by atomic mass is 79.9. The molecule has 2 N–H and O–H groups in total. The molecule has 2 atom stereocenters. The molecule has 1 heterocycles. The number of benzene rings is 2. The van der Waals surface area contributed by atoms with Crippen LogP contribution in [-0.2, 0) is 4.74 Å². The Hall–Kier alpha value is -1.79. The number of carbonyl (C=O) groups is 1. The number of aliphatic hydroxyl groups excluding tert-OH is 1. The first-order valence-electron chi connectivity index (χ1n) is 8.74. The van der Waals surface area contributed by atoms with Crippen LogP contribution in [0.2, 0.25) is 0 Å².